The van der Waals surface area contributed by atoms with Crippen LogP contribution >= 0.6 is 11.6 Å². The molecule has 4 rings (SSSR count). The number of fused-ring (bicyclic) bond motifs is 1. The molecule has 2 aromatic carbocycles. The number of nitrogens with zero attached hydrogens (tertiary/aromatic N) is 2. The molecule has 1 atom stereocenters. The maximum Gasteiger partial charge on any atom is 0.324 e. The van der Waals surface area contributed by atoms with E-state index in [0.717, 1.165) is 5.56 Å². The van der Waals surface area contributed by atoms with E-state index in [1.165, 1.54) is 12.1 Å². The van der Waals surface area contributed by atoms with Crippen LogP contribution in [0.2, 0.25) is 5.02 Å². The highest BCUT2D eigenvalue weighted by Crippen LogP contribution is 2.36. The largest absolute Gasteiger partial charge is 0.487 e. The number of ether oxygens (including phenoxy) is 1. The van der Waals surface area contributed by atoms with Crippen molar-refractivity contribution in [3.63, 3.8) is 0 Å². The molecule has 31 heavy (non-hydrogen) atoms. The number of piperidine rings is 1. The first-order valence-corrected chi connectivity index (χ1v) is 10.8. The number of rotatable bonds is 3. The summed E-state index contributed by atoms with van der Waals surface area (Å²) in [6.45, 7) is 3.66. The molecule has 2 aliphatic rings. The van der Waals surface area contributed by atoms with Gasteiger partial charge in [0.25, 0.3) is 0 Å². The molecule has 0 bridgehead atoms. The van der Waals surface area contributed by atoms with Gasteiger partial charge in [-0.2, -0.15) is 0 Å². The topological polar surface area (TPSA) is 61.9 Å². The molecule has 3 amide bonds. The fraction of sp³-hybridized carbons (Fsp3) is 0.391. The first kappa shape index (κ1) is 21.4. The van der Waals surface area contributed by atoms with Crippen molar-refractivity contribution in [3.05, 3.63) is 58.9 Å². The summed E-state index contributed by atoms with van der Waals surface area (Å²) in [4.78, 5) is 29.2. The van der Waals surface area contributed by atoms with Crippen LogP contribution in [0.3, 0.4) is 0 Å². The molecule has 1 saturated heterocycles. The summed E-state index contributed by atoms with van der Waals surface area (Å²) in [5, 5.41) is 3.42. The van der Waals surface area contributed by atoms with Gasteiger partial charge < -0.3 is 15.0 Å². The minimum Gasteiger partial charge on any atom is -0.487 e. The second-order valence-corrected chi connectivity index (χ2v) is 8.48. The fourth-order valence-electron chi connectivity index (χ4n) is 4.08. The van der Waals surface area contributed by atoms with Crippen LogP contribution in [-0.2, 0) is 11.3 Å². The van der Waals surface area contributed by atoms with Gasteiger partial charge in [-0.15, -0.1) is 0 Å². The minimum absolute atomic E-state index is 0.0616. The van der Waals surface area contributed by atoms with E-state index in [-0.39, 0.29) is 29.8 Å². The number of hydrogen-bond acceptors (Lipinski definition) is 3. The molecular weight excluding hydrogens is 421 g/mol. The monoisotopic (exact) mass is 445 g/mol. The molecule has 0 aliphatic carbocycles. The van der Waals surface area contributed by atoms with Crippen molar-refractivity contribution in [2.45, 2.75) is 32.4 Å². The highest BCUT2D eigenvalue weighted by Gasteiger charge is 2.34. The molecule has 0 radical (unpaired) electrons. The Morgan fingerprint density at radius 1 is 1.19 bits per heavy atom. The zero-order valence-electron chi connectivity index (χ0n) is 17.3. The number of benzene rings is 2. The Balaban J connectivity index is 1.34. The Morgan fingerprint density at radius 2 is 1.97 bits per heavy atom. The van der Waals surface area contributed by atoms with E-state index in [1.54, 1.807) is 40.1 Å². The zero-order chi connectivity index (χ0) is 22.0. The number of likely N-dealkylation sites (tertiary alicyclic amines) is 1. The summed E-state index contributed by atoms with van der Waals surface area (Å²) in [5.41, 5.74) is 1.39. The first-order valence-electron chi connectivity index (χ1n) is 10.5. The number of urea groups is 1. The maximum atomic E-state index is 13.3. The van der Waals surface area contributed by atoms with E-state index in [1.807, 2.05) is 6.92 Å². The van der Waals surface area contributed by atoms with Gasteiger partial charge in [0.05, 0.1) is 12.2 Å². The number of nitrogens with one attached hydrogen (secondary N) is 1. The highest BCUT2D eigenvalue weighted by atomic mass is 35.5. The third-order valence-corrected chi connectivity index (χ3v) is 5.94. The molecule has 6 nitrogen and oxygen atoms in total. The van der Waals surface area contributed by atoms with E-state index in [2.05, 4.69) is 5.32 Å². The molecule has 0 saturated carbocycles. The Morgan fingerprint density at radius 3 is 2.71 bits per heavy atom. The van der Waals surface area contributed by atoms with Crippen LogP contribution in [0.15, 0.2) is 42.5 Å². The molecule has 2 aliphatic heterocycles. The second kappa shape index (κ2) is 9.14. The van der Waals surface area contributed by atoms with Crippen molar-refractivity contribution < 1.29 is 18.7 Å². The lowest BCUT2D eigenvalue weighted by Gasteiger charge is -2.39. The smallest absolute Gasteiger partial charge is 0.324 e. The number of amides is 3. The summed E-state index contributed by atoms with van der Waals surface area (Å²) >= 11 is 6.13. The summed E-state index contributed by atoms with van der Waals surface area (Å²) in [5.74, 6) is 0.0957. The van der Waals surface area contributed by atoms with Crippen LogP contribution in [0.5, 0.6) is 5.75 Å². The lowest BCUT2D eigenvalue weighted by Crippen LogP contribution is -2.52. The molecule has 2 heterocycles. The Labute approximate surface area is 185 Å². The number of anilines is 1. The molecule has 8 heteroatoms. The average molecular weight is 446 g/mol. The Hall–Kier alpha value is -2.80. The maximum absolute atomic E-state index is 13.3. The predicted octanol–water partition coefficient (Wildman–Crippen LogP) is 4.21. The van der Waals surface area contributed by atoms with E-state index in [4.69, 9.17) is 16.3 Å². The van der Waals surface area contributed by atoms with Gasteiger partial charge >= 0.3 is 6.03 Å². The predicted molar refractivity (Wildman–Crippen MR) is 117 cm³/mol. The van der Waals surface area contributed by atoms with Crippen LogP contribution in [0.25, 0.3) is 0 Å². The third-order valence-electron chi connectivity index (χ3n) is 5.70. The first-order chi connectivity index (χ1) is 14.9. The lowest BCUT2D eigenvalue weighted by molar-refractivity contribution is -0.126. The summed E-state index contributed by atoms with van der Waals surface area (Å²) in [6, 6.07) is 11.4. The van der Waals surface area contributed by atoms with Gasteiger partial charge in [0.2, 0.25) is 5.91 Å². The van der Waals surface area contributed by atoms with Crippen LogP contribution in [0, 0.1) is 11.7 Å². The van der Waals surface area contributed by atoms with Gasteiger partial charge in [0, 0.05) is 30.6 Å². The van der Waals surface area contributed by atoms with Crippen LogP contribution in [0.4, 0.5) is 14.9 Å². The van der Waals surface area contributed by atoms with Crippen molar-refractivity contribution in [1.29, 1.82) is 0 Å². The molecule has 1 fully saturated rings. The van der Waals surface area contributed by atoms with Crippen LogP contribution < -0.4 is 15.0 Å². The van der Waals surface area contributed by atoms with Crippen LogP contribution in [0.1, 0.15) is 25.3 Å². The standard InChI is InChI=1S/C23H25ClFN3O3/c1-15-14-28(20-12-18(24)5-6-21(20)31-15)23(30)27-9-7-17(8-10-27)22(29)26-13-16-3-2-4-19(25)11-16/h2-6,11-12,15,17H,7-10,13-14H2,1H3,(H,26,29). The van der Waals surface area contributed by atoms with Crippen molar-refractivity contribution in [3.8, 4) is 5.75 Å². The summed E-state index contributed by atoms with van der Waals surface area (Å²) < 4.78 is 19.1. The van der Waals surface area contributed by atoms with Gasteiger partial charge in [-0.1, -0.05) is 23.7 Å². The Kier molecular flexibility index (Phi) is 6.32. The molecule has 2 aromatic rings. The number of carbonyl (C=O) groups is 2. The summed E-state index contributed by atoms with van der Waals surface area (Å²) in [7, 11) is 0. The number of hydrogen-bond donors (Lipinski definition) is 1. The van der Waals surface area contributed by atoms with E-state index in [0.29, 0.717) is 55.5 Å². The minimum atomic E-state index is -0.320. The third kappa shape index (κ3) is 4.93. The molecule has 164 valence electrons. The quantitative estimate of drug-likeness (QED) is 0.769. The number of halogens is 2. The molecule has 1 N–H and O–H groups in total. The lowest BCUT2D eigenvalue weighted by atomic mass is 9.96. The second-order valence-electron chi connectivity index (χ2n) is 8.04. The zero-order valence-corrected chi connectivity index (χ0v) is 18.1. The van der Waals surface area contributed by atoms with Gasteiger partial charge in [-0.25, -0.2) is 9.18 Å². The normalized spacial score (nSPS) is 18.9. The van der Waals surface area contributed by atoms with Crippen molar-refractivity contribution >= 4 is 29.2 Å². The van der Waals surface area contributed by atoms with E-state index in [9.17, 15) is 14.0 Å². The molecule has 0 spiro atoms. The highest BCUT2D eigenvalue weighted by molar-refractivity contribution is 6.31. The number of carbonyl (C=O) groups excluding carboxylic acids is 2. The van der Waals surface area contributed by atoms with Crippen LogP contribution in [-0.4, -0.2) is 42.6 Å². The van der Waals surface area contributed by atoms with Gasteiger partial charge in [0.1, 0.15) is 17.7 Å². The molecule has 1 unspecified atom stereocenters. The van der Waals surface area contributed by atoms with Gasteiger partial charge in [-0.3, -0.25) is 9.69 Å². The van der Waals surface area contributed by atoms with E-state index < -0.39 is 0 Å². The van der Waals surface area contributed by atoms with Crippen molar-refractivity contribution in [2.75, 3.05) is 24.5 Å². The van der Waals surface area contributed by atoms with Crippen molar-refractivity contribution in [1.82, 2.24) is 10.2 Å². The Bertz CT molecular complexity index is 978. The van der Waals surface area contributed by atoms with Gasteiger partial charge in [0.15, 0.2) is 0 Å². The fourth-order valence-corrected chi connectivity index (χ4v) is 4.24. The van der Waals surface area contributed by atoms with Gasteiger partial charge in [-0.05, 0) is 55.7 Å². The molecule has 0 aromatic heterocycles. The average Bonchev–Trinajstić information content (AvgIpc) is 2.77. The summed E-state index contributed by atoms with van der Waals surface area (Å²) in [6.07, 6.45) is 1.05. The molecular formula is C23H25ClFN3O3. The SMILES string of the molecule is CC1CN(C(=O)N2CCC(C(=O)NCc3cccc(F)c3)CC2)c2cc(Cl)ccc2O1. The van der Waals surface area contributed by atoms with E-state index >= 15 is 0 Å². The van der Waals surface area contributed by atoms with Crippen molar-refractivity contribution in [2.24, 2.45) is 5.92 Å².